The van der Waals surface area contributed by atoms with Crippen molar-refractivity contribution in [3.8, 4) is 0 Å². The second-order valence-electron chi connectivity index (χ2n) is 5.19. The van der Waals surface area contributed by atoms with Crippen LogP contribution in [0.5, 0.6) is 0 Å². The number of benzene rings is 1. The Bertz CT molecular complexity index is 680. The van der Waals surface area contributed by atoms with Crippen LogP contribution >= 0.6 is 0 Å². The third-order valence-corrected chi connectivity index (χ3v) is 3.87. The normalized spacial score (nSPS) is 20.3. The highest BCUT2D eigenvalue weighted by Gasteiger charge is 2.33. The first-order valence-electron chi connectivity index (χ1n) is 6.99. The van der Waals surface area contributed by atoms with E-state index in [0.717, 1.165) is 11.1 Å². The molecule has 2 aromatic rings. The molecule has 0 radical (unpaired) electrons. The minimum absolute atomic E-state index is 0.312. The predicted octanol–water partition coefficient (Wildman–Crippen LogP) is 0.873. The van der Waals surface area contributed by atoms with Crippen molar-refractivity contribution in [1.82, 2.24) is 15.1 Å². The van der Waals surface area contributed by atoms with Crippen LogP contribution in [0.4, 0.5) is 5.69 Å². The van der Waals surface area contributed by atoms with E-state index in [1.54, 1.807) is 4.68 Å². The summed E-state index contributed by atoms with van der Waals surface area (Å²) in [7, 11) is 0. The van der Waals surface area contributed by atoms with Gasteiger partial charge in [0.15, 0.2) is 0 Å². The topological polar surface area (TPSA) is 93.2 Å². The molecular formula is C15H18N4O2. The highest BCUT2D eigenvalue weighted by molar-refractivity contribution is 5.97. The Kier molecular flexibility index (Phi) is 3.39. The Morgan fingerprint density at radius 1 is 1.52 bits per heavy atom. The molecule has 1 heterocycles. The number of amides is 1. The average Bonchev–Trinajstić information content (AvgIpc) is 3.00. The molecule has 1 amide bonds. The van der Waals surface area contributed by atoms with E-state index in [1.807, 2.05) is 31.2 Å². The maximum absolute atomic E-state index is 12.5. The van der Waals surface area contributed by atoms with Gasteiger partial charge in [-0.1, -0.05) is 24.3 Å². The molecule has 1 aromatic heterocycles. The van der Waals surface area contributed by atoms with E-state index in [4.69, 9.17) is 5.73 Å². The Hall–Kier alpha value is -2.34. The molecular weight excluding hydrogens is 268 g/mol. The molecule has 0 bridgehead atoms. The summed E-state index contributed by atoms with van der Waals surface area (Å²) >= 11 is 0. The van der Waals surface area contributed by atoms with Gasteiger partial charge in [-0.3, -0.25) is 9.48 Å². The van der Waals surface area contributed by atoms with E-state index in [2.05, 4.69) is 10.4 Å². The van der Waals surface area contributed by atoms with Crippen molar-refractivity contribution >= 4 is 11.6 Å². The zero-order chi connectivity index (χ0) is 15.0. The van der Waals surface area contributed by atoms with Gasteiger partial charge in [0.05, 0.1) is 24.0 Å². The molecule has 0 saturated heterocycles. The number of carbonyl (C=O) groups excluding carboxylic acids is 1. The van der Waals surface area contributed by atoms with Crippen LogP contribution in [0.1, 0.15) is 34.6 Å². The molecule has 1 aromatic carbocycles. The molecule has 1 aliphatic rings. The zero-order valence-corrected chi connectivity index (χ0v) is 11.8. The molecule has 0 aliphatic heterocycles. The van der Waals surface area contributed by atoms with Crippen LogP contribution in [0.25, 0.3) is 0 Å². The number of aryl methyl sites for hydroxylation is 1. The number of hydrogen-bond acceptors (Lipinski definition) is 4. The molecule has 6 nitrogen and oxygen atoms in total. The van der Waals surface area contributed by atoms with Gasteiger partial charge in [0.2, 0.25) is 0 Å². The minimum atomic E-state index is -0.620. The first-order chi connectivity index (χ1) is 10.1. The monoisotopic (exact) mass is 286 g/mol. The van der Waals surface area contributed by atoms with Gasteiger partial charge in [0.25, 0.3) is 5.91 Å². The summed E-state index contributed by atoms with van der Waals surface area (Å²) in [6, 6.07) is 7.32. The van der Waals surface area contributed by atoms with Gasteiger partial charge in [-0.2, -0.15) is 5.10 Å². The van der Waals surface area contributed by atoms with Crippen LogP contribution in [-0.2, 0) is 13.0 Å². The highest BCUT2D eigenvalue weighted by atomic mass is 16.3. The maximum Gasteiger partial charge on any atom is 0.272 e. The number of rotatable bonds is 3. The highest BCUT2D eigenvalue weighted by Crippen LogP contribution is 2.31. The Morgan fingerprint density at radius 2 is 2.29 bits per heavy atom. The van der Waals surface area contributed by atoms with Gasteiger partial charge in [0, 0.05) is 13.0 Å². The number of aliphatic hydroxyl groups is 1. The predicted molar refractivity (Wildman–Crippen MR) is 78.7 cm³/mol. The average molecular weight is 286 g/mol. The number of hydrogen-bond donors (Lipinski definition) is 3. The molecule has 1 aliphatic carbocycles. The lowest BCUT2D eigenvalue weighted by Gasteiger charge is -2.18. The number of nitrogens with two attached hydrogens (primary N) is 1. The zero-order valence-electron chi connectivity index (χ0n) is 11.8. The van der Waals surface area contributed by atoms with E-state index < -0.39 is 12.1 Å². The van der Waals surface area contributed by atoms with E-state index in [9.17, 15) is 9.90 Å². The van der Waals surface area contributed by atoms with Gasteiger partial charge in [0.1, 0.15) is 5.69 Å². The second-order valence-corrected chi connectivity index (χ2v) is 5.19. The van der Waals surface area contributed by atoms with E-state index in [1.165, 1.54) is 6.20 Å². The number of nitrogens with zero attached hydrogens (tertiary/aromatic N) is 2. The van der Waals surface area contributed by atoms with Crippen LogP contribution in [-0.4, -0.2) is 26.9 Å². The van der Waals surface area contributed by atoms with Crippen LogP contribution < -0.4 is 11.1 Å². The smallest absolute Gasteiger partial charge is 0.272 e. The summed E-state index contributed by atoms with van der Waals surface area (Å²) in [5.41, 5.74) is 8.52. The molecule has 0 spiro atoms. The van der Waals surface area contributed by atoms with Gasteiger partial charge in [-0.05, 0) is 18.1 Å². The van der Waals surface area contributed by atoms with Crippen LogP contribution in [0.2, 0.25) is 0 Å². The van der Waals surface area contributed by atoms with Gasteiger partial charge in [-0.15, -0.1) is 0 Å². The fraction of sp³-hybridized carbons (Fsp3) is 0.333. The largest absolute Gasteiger partial charge is 0.396 e. The Morgan fingerprint density at radius 3 is 3.05 bits per heavy atom. The second kappa shape index (κ2) is 5.21. The summed E-state index contributed by atoms with van der Waals surface area (Å²) in [4.78, 5) is 12.5. The third-order valence-electron chi connectivity index (χ3n) is 3.87. The van der Waals surface area contributed by atoms with Crippen molar-refractivity contribution in [3.63, 3.8) is 0 Å². The number of nitrogens with one attached hydrogen (secondary N) is 1. The standard InChI is InChI=1S/C15H18N4O2/c1-2-19-14(11(16)8-17-19)15(21)18-13-10-6-4-3-5-9(10)7-12(13)20/h3-6,8,12-13,20H,2,7,16H2,1H3,(H,18,21)/t12-,13+/m0/s1. The molecule has 0 unspecified atom stereocenters. The lowest BCUT2D eigenvalue weighted by molar-refractivity contribution is 0.0849. The molecule has 4 N–H and O–H groups in total. The molecule has 6 heteroatoms. The van der Waals surface area contributed by atoms with Crippen molar-refractivity contribution in [2.45, 2.75) is 32.0 Å². The Balaban J connectivity index is 1.87. The SMILES string of the molecule is CCn1ncc(N)c1C(=O)N[C@@H]1c2ccccc2C[C@@H]1O. The van der Waals surface area contributed by atoms with Crippen molar-refractivity contribution in [3.05, 3.63) is 47.3 Å². The minimum Gasteiger partial charge on any atom is -0.396 e. The van der Waals surface area contributed by atoms with E-state index in [0.29, 0.717) is 24.3 Å². The molecule has 21 heavy (non-hydrogen) atoms. The number of anilines is 1. The van der Waals surface area contributed by atoms with Crippen molar-refractivity contribution in [2.75, 3.05) is 5.73 Å². The first kappa shape index (κ1) is 13.6. The summed E-state index contributed by atoms with van der Waals surface area (Å²) < 4.78 is 1.55. The number of aromatic nitrogens is 2. The number of carbonyl (C=O) groups is 1. The lowest BCUT2D eigenvalue weighted by atomic mass is 10.1. The number of nitrogen functional groups attached to an aromatic ring is 1. The van der Waals surface area contributed by atoms with Crippen molar-refractivity contribution in [1.29, 1.82) is 0 Å². The number of aliphatic hydroxyl groups excluding tert-OH is 1. The summed E-state index contributed by atoms with van der Waals surface area (Å²) in [5.74, 6) is -0.312. The fourth-order valence-electron chi connectivity index (χ4n) is 2.85. The summed E-state index contributed by atoms with van der Waals surface area (Å²) in [5, 5.41) is 17.1. The molecule has 0 saturated carbocycles. The summed E-state index contributed by atoms with van der Waals surface area (Å²) in [6.45, 7) is 2.45. The Labute approximate surface area is 122 Å². The van der Waals surface area contributed by atoms with E-state index in [-0.39, 0.29) is 5.91 Å². The van der Waals surface area contributed by atoms with E-state index >= 15 is 0 Å². The van der Waals surface area contributed by atoms with Gasteiger partial charge < -0.3 is 16.2 Å². The van der Waals surface area contributed by atoms with Gasteiger partial charge in [-0.25, -0.2) is 0 Å². The summed E-state index contributed by atoms with van der Waals surface area (Å²) in [6.07, 6.45) is 1.40. The molecule has 110 valence electrons. The van der Waals surface area contributed by atoms with Crippen molar-refractivity contribution < 1.29 is 9.90 Å². The van der Waals surface area contributed by atoms with Crippen molar-refractivity contribution in [2.24, 2.45) is 0 Å². The quantitative estimate of drug-likeness (QED) is 0.780. The number of fused-ring (bicyclic) bond motifs is 1. The molecule has 0 fully saturated rings. The first-order valence-corrected chi connectivity index (χ1v) is 6.99. The maximum atomic E-state index is 12.5. The van der Waals surface area contributed by atoms with Crippen LogP contribution in [0.3, 0.4) is 0 Å². The molecule has 3 rings (SSSR count). The lowest BCUT2D eigenvalue weighted by Crippen LogP contribution is -2.35. The van der Waals surface area contributed by atoms with Gasteiger partial charge >= 0.3 is 0 Å². The van der Waals surface area contributed by atoms with Crippen LogP contribution in [0, 0.1) is 0 Å². The molecule has 2 atom stereocenters. The van der Waals surface area contributed by atoms with Crippen LogP contribution in [0.15, 0.2) is 30.5 Å². The third kappa shape index (κ3) is 2.27. The fourth-order valence-corrected chi connectivity index (χ4v) is 2.85.